The normalized spacial score (nSPS) is 18.5. The number of aryl methyl sites for hydroxylation is 1. The Morgan fingerprint density at radius 2 is 1.95 bits per heavy atom. The van der Waals surface area contributed by atoms with Gasteiger partial charge in [0, 0.05) is 42.2 Å². The number of hydrogen-bond acceptors (Lipinski definition) is 6. The summed E-state index contributed by atoms with van der Waals surface area (Å²) in [6.07, 6.45) is 6.01. The van der Waals surface area contributed by atoms with Crippen LogP contribution in [0.2, 0.25) is 0 Å². The van der Waals surface area contributed by atoms with Gasteiger partial charge in [0.15, 0.2) is 0 Å². The second-order valence-corrected chi connectivity index (χ2v) is 11.5. The topological polar surface area (TPSA) is 91.5 Å². The van der Waals surface area contributed by atoms with Crippen LogP contribution in [-0.2, 0) is 24.8 Å². The maximum atomic E-state index is 13.2. The molecule has 4 aromatic rings. The minimum absolute atomic E-state index is 0.0419. The molecule has 1 aromatic carbocycles. The van der Waals surface area contributed by atoms with E-state index in [0.29, 0.717) is 17.1 Å². The van der Waals surface area contributed by atoms with Crippen molar-refractivity contribution >= 4 is 17.0 Å². The van der Waals surface area contributed by atoms with Crippen LogP contribution in [-0.4, -0.2) is 42.0 Å². The molecule has 2 aliphatic heterocycles. The van der Waals surface area contributed by atoms with Crippen molar-refractivity contribution in [3.05, 3.63) is 81.9 Å². The van der Waals surface area contributed by atoms with Gasteiger partial charge in [-0.05, 0) is 64.3 Å². The van der Waals surface area contributed by atoms with E-state index in [1.807, 2.05) is 50.9 Å². The molecule has 5 heterocycles. The number of aromatic nitrogens is 4. The summed E-state index contributed by atoms with van der Waals surface area (Å²) >= 11 is 0. The molecule has 1 fully saturated rings. The first-order valence-corrected chi connectivity index (χ1v) is 13.5. The Hall–Kier alpha value is -4.21. The summed E-state index contributed by atoms with van der Waals surface area (Å²) < 4.78 is 28.0. The molecule has 2 aliphatic rings. The van der Waals surface area contributed by atoms with Crippen molar-refractivity contribution in [3.63, 3.8) is 0 Å². The zero-order chi connectivity index (χ0) is 28.2. The SMILES string of the molecule is Cn1c2c(c3ccc(-n4ncc(OCc5ccc(F)cn5)cc4=O)cc31)C1CCCC(C2)N1C(=O)OC(C)(C)C. The molecular formula is C30H32FN5O4. The molecule has 2 bridgehead atoms. The molecule has 0 N–H and O–H groups in total. The summed E-state index contributed by atoms with van der Waals surface area (Å²) in [4.78, 5) is 32.1. The Kier molecular flexibility index (Phi) is 6.35. The van der Waals surface area contributed by atoms with Crippen LogP contribution >= 0.6 is 0 Å². The maximum absolute atomic E-state index is 13.2. The lowest BCUT2D eigenvalue weighted by Gasteiger charge is -2.46. The average molecular weight is 546 g/mol. The molecule has 40 heavy (non-hydrogen) atoms. The van der Waals surface area contributed by atoms with Gasteiger partial charge in [-0.3, -0.25) is 14.7 Å². The highest BCUT2D eigenvalue weighted by Gasteiger charge is 2.44. The van der Waals surface area contributed by atoms with Crippen LogP contribution in [0.5, 0.6) is 5.75 Å². The van der Waals surface area contributed by atoms with Gasteiger partial charge in [-0.2, -0.15) is 9.78 Å². The van der Waals surface area contributed by atoms with Gasteiger partial charge in [-0.25, -0.2) is 9.18 Å². The molecular weight excluding hydrogens is 513 g/mol. The Labute approximate surface area is 231 Å². The van der Waals surface area contributed by atoms with E-state index in [1.165, 1.54) is 40.3 Å². The van der Waals surface area contributed by atoms with Gasteiger partial charge < -0.3 is 14.0 Å². The monoisotopic (exact) mass is 545 g/mol. The van der Waals surface area contributed by atoms with Crippen LogP contribution in [0.1, 0.15) is 63.0 Å². The van der Waals surface area contributed by atoms with E-state index >= 15 is 0 Å². The number of rotatable bonds is 4. The fraction of sp³-hybridized carbons (Fsp3) is 0.400. The number of carbonyl (C=O) groups excluding carboxylic acids is 1. The number of nitrogens with zero attached hydrogens (tertiary/aromatic N) is 5. The van der Waals surface area contributed by atoms with Gasteiger partial charge >= 0.3 is 6.09 Å². The summed E-state index contributed by atoms with van der Waals surface area (Å²) in [5.74, 6) is -0.121. The van der Waals surface area contributed by atoms with Gasteiger partial charge in [0.1, 0.15) is 23.8 Å². The molecule has 1 saturated heterocycles. The van der Waals surface area contributed by atoms with Gasteiger partial charge in [-0.1, -0.05) is 6.07 Å². The quantitative estimate of drug-likeness (QED) is 0.349. The smallest absolute Gasteiger partial charge is 0.411 e. The number of piperidine rings is 1. The van der Waals surface area contributed by atoms with Crippen molar-refractivity contribution in [2.24, 2.45) is 7.05 Å². The zero-order valence-electron chi connectivity index (χ0n) is 23.1. The van der Waals surface area contributed by atoms with E-state index in [2.05, 4.69) is 14.6 Å². The summed E-state index contributed by atoms with van der Waals surface area (Å²) in [6.45, 7) is 5.78. The predicted molar refractivity (Wildman–Crippen MR) is 147 cm³/mol. The number of halogens is 1. The Morgan fingerprint density at radius 3 is 2.67 bits per heavy atom. The van der Waals surface area contributed by atoms with Crippen LogP contribution < -0.4 is 10.3 Å². The molecule has 0 spiro atoms. The molecule has 2 atom stereocenters. The summed E-state index contributed by atoms with van der Waals surface area (Å²) in [7, 11) is 2.04. The Balaban J connectivity index is 1.30. The number of benzene rings is 1. The predicted octanol–water partition coefficient (Wildman–Crippen LogP) is 5.22. The Morgan fingerprint density at radius 1 is 1.12 bits per heavy atom. The number of amides is 1. The molecule has 10 heteroatoms. The van der Waals surface area contributed by atoms with E-state index in [0.717, 1.165) is 42.8 Å². The highest BCUT2D eigenvalue weighted by molar-refractivity contribution is 5.89. The van der Waals surface area contributed by atoms with Crippen LogP contribution in [0, 0.1) is 5.82 Å². The van der Waals surface area contributed by atoms with Gasteiger partial charge in [0.25, 0.3) is 5.56 Å². The van der Waals surface area contributed by atoms with Crippen molar-refractivity contribution in [2.75, 3.05) is 0 Å². The third-order valence-electron chi connectivity index (χ3n) is 7.65. The molecule has 0 radical (unpaired) electrons. The first-order chi connectivity index (χ1) is 19.1. The van der Waals surface area contributed by atoms with Crippen molar-refractivity contribution in [3.8, 4) is 11.4 Å². The zero-order valence-corrected chi connectivity index (χ0v) is 23.1. The van der Waals surface area contributed by atoms with E-state index in [9.17, 15) is 14.0 Å². The molecule has 2 unspecified atom stereocenters. The van der Waals surface area contributed by atoms with Gasteiger partial charge in [0.2, 0.25) is 0 Å². The molecule has 208 valence electrons. The fourth-order valence-electron chi connectivity index (χ4n) is 5.95. The number of fused-ring (bicyclic) bond motifs is 6. The summed E-state index contributed by atoms with van der Waals surface area (Å²) in [5.41, 5.74) is 3.65. The summed E-state index contributed by atoms with van der Waals surface area (Å²) in [5, 5.41) is 5.41. The molecule has 3 aromatic heterocycles. The standard InChI is InChI=1S/C30H32FN5O4/c1-30(2,3)40-29(38)35-20-6-5-7-24(35)28-23-11-10-21(13-25(23)34(4)26(28)12-20)36-27(37)14-22(16-33-36)39-17-19-9-8-18(31)15-32-19/h8-11,13-16,20,24H,5-7,12,17H2,1-4H3. The highest BCUT2D eigenvalue weighted by Crippen LogP contribution is 2.46. The largest absolute Gasteiger partial charge is 0.485 e. The average Bonchev–Trinajstić information content (AvgIpc) is 3.17. The second kappa shape index (κ2) is 9.76. The van der Waals surface area contributed by atoms with Crippen molar-refractivity contribution in [2.45, 2.75) is 70.7 Å². The number of hydrogen-bond donors (Lipinski definition) is 0. The van der Waals surface area contributed by atoms with Crippen LogP contribution in [0.15, 0.2) is 53.6 Å². The summed E-state index contributed by atoms with van der Waals surface area (Å²) in [6, 6.07) is 10.1. The van der Waals surface area contributed by atoms with Crippen molar-refractivity contribution in [1.82, 2.24) is 24.2 Å². The minimum Gasteiger partial charge on any atom is -0.485 e. The van der Waals surface area contributed by atoms with E-state index in [-0.39, 0.29) is 30.3 Å². The van der Waals surface area contributed by atoms with Gasteiger partial charge in [-0.15, -0.1) is 0 Å². The minimum atomic E-state index is -0.558. The molecule has 0 saturated carbocycles. The van der Waals surface area contributed by atoms with Crippen molar-refractivity contribution < 1.29 is 18.7 Å². The third-order valence-corrected chi connectivity index (χ3v) is 7.65. The van der Waals surface area contributed by atoms with Crippen LogP contribution in [0.25, 0.3) is 16.6 Å². The second-order valence-electron chi connectivity index (χ2n) is 11.5. The lowest BCUT2D eigenvalue weighted by atomic mass is 9.82. The highest BCUT2D eigenvalue weighted by atomic mass is 19.1. The molecule has 9 nitrogen and oxygen atoms in total. The first-order valence-electron chi connectivity index (χ1n) is 13.5. The van der Waals surface area contributed by atoms with E-state index < -0.39 is 11.4 Å². The molecule has 6 rings (SSSR count). The molecule has 1 amide bonds. The van der Waals surface area contributed by atoms with E-state index in [1.54, 1.807) is 0 Å². The fourth-order valence-corrected chi connectivity index (χ4v) is 5.95. The van der Waals surface area contributed by atoms with Crippen LogP contribution in [0.3, 0.4) is 0 Å². The van der Waals surface area contributed by atoms with Crippen molar-refractivity contribution in [1.29, 1.82) is 0 Å². The first kappa shape index (κ1) is 26.0. The number of ether oxygens (including phenoxy) is 2. The maximum Gasteiger partial charge on any atom is 0.411 e. The lowest BCUT2D eigenvalue weighted by molar-refractivity contribution is -0.00973. The van der Waals surface area contributed by atoms with E-state index in [4.69, 9.17) is 9.47 Å². The third kappa shape index (κ3) is 4.71. The number of carbonyl (C=O) groups is 1. The number of pyridine rings is 1. The van der Waals surface area contributed by atoms with Gasteiger partial charge in [0.05, 0.1) is 35.3 Å². The van der Waals surface area contributed by atoms with Crippen LogP contribution in [0.4, 0.5) is 9.18 Å². The lowest BCUT2D eigenvalue weighted by Crippen LogP contribution is -2.51. The Bertz CT molecular complexity index is 1650. The molecule has 0 aliphatic carbocycles.